The summed E-state index contributed by atoms with van der Waals surface area (Å²) in [5.41, 5.74) is 1.01. The molecule has 0 amide bonds. The largest absolute Gasteiger partial charge is 0.497 e. The molecule has 2 rings (SSSR count). The summed E-state index contributed by atoms with van der Waals surface area (Å²) in [5, 5.41) is 4.03. The van der Waals surface area contributed by atoms with Gasteiger partial charge in [0, 0.05) is 16.8 Å². The third-order valence-electron chi connectivity index (χ3n) is 2.81. The van der Waals surface area contributed by atoms with Crippen LogP contribution in [0.1, 0.15) is 6.92 Å². The van der Waals surface area contributed by atoms with E-state index in [0.717, 1.165) is 17.2 Å². The second-order valence-corrected chi connectivity index (χ2v) is 4.93. The molecule has 3 nitrogen and oxygen atoms in total. The van der Waals surface area contributed by atoms with E-state index in [-0.39, 0.29) is 6.10 Å². The lowest BCUT2D eigenvalue weighted by atomic mass is 10.3. The lowest BCUT2D eigenvalue weighted by Crippen LogP contribution is -2.22. The number of nitrogens with one attached hydrogen (secondary N) is 1. The average Bonchev–Trinajstić information content (AvgIpc) is 2.48. The summed E-state index contributed by atoms with van der Waals surface area (Å²) < 4.78 is 11.0. The average molecular weight is 292 g/mol. The van der Waals surface area contributed by atoms with Gasteiger partial charge in [0.1, 0.15) is 17.6 Å². The molecule has 20 heavy (non-hydrogen) atoms. The van der Waals surface area contributed by atoms with Crippen LogP contribution in [0.5, 0.6) is 11.5 Å². The maximum Gasteiger partial charge on any atom is 0.120 e. The van der Waals surface area contributed by atoms with E-state index in [4.69, 9.17) is 21.1 Å². The third-order valence-corrected chi connectivity index (χ3v) is 3.07. The fourth-order valence-electron chi connectivity index (χ4n) is 1.78. The smallest absolute Gasteiger partial charge is 0.120 e. The predicted octanol–water partition coefficient (Wildman–Crippen LogP) is 4.23. The molecule has 0 heterocycles. The molecular formula is C16H18ClNO2. The van der Waals surface area contributed by atoms with E-state index in [1.165, 1.54) is 0 Å². The number of halogens is 1. The highest BCUT2D eigenvalue weighted by Crippen LogP contribution is 2.18. The van der Waals surface area contributed by atoms with Gasteiger partial charge in [0.25, 0.3) is 0 Å². The maximum atomic E-state index is 5.84. The van der Waals surface area contributed by atoms with Gasteiger partial charge in [-0.15, -0.1) is 0 Å². The lowest BCUT2D eigenvalue weighted by Gasteiger charge is -2.16. The van der Waals surface area contributed by atoms with E-state index >= 15 is 0 Å². The molecule has 0 saturated carbocycles. The summed E-state index contributed by atoms with van der Waals surface area (Å²) in [4.78, 5) is 0. The molecule has 4 heteroatoms. The second-order valence-electron chi connectivity index (χ2n) is 4.50. The number of benzene rings is 2. The van der Waals surface area contributed by atoms with Gasteiger partial charge in [-0.1, -0.05) is 17.7 Å². The summed E-state index contributed by atoms with van der Waals surface area (Å²) in [5.74, 6) is 1.65. The molecule has 0 saturated heterocycles. The number of hydrogen-bond acceptors (Lipinski definition) is 3. The first kappa shape index (κ1) is 14.5. The highest BCUT2D eigenvalue weighted by Gasteiger charge is 2.04. The molecule has 0 aromatic heterocycles. The van der Waals surface area contributed by atoms with Crippen LogP contribution < -0.4 is 14.8 Å². The fourth-order valence-corrected chi connectivity index (χ4v) is 1.91. The van der Waals surface area contributed by atoms with Crippen molar-refractivity contribution < 1.29 is 9.47 Å². The standard InChI is InChI=1S/C16H18ClNO2/c1-12(20-15-8-6-13(17)7-9-15)11-18-14-4-3-5-16(10-14)19-2/h3-10,12,18H,11H2,1-2H3. The van der Waals surface area contributed by atoms with Crippen molar-refractivity contribution in [2.24, 2.45) is 0 Å². The Hall–Kier alpha value is -1.87. The number of hydrogen-bond donors (Lipinski definition) is 1. The van der Waals surface area contributed by atoms with Crippen LogP contribution in [0.3, 0.4) is 0 Å². The maximum absolute atomic E-state index is 5.84. The zero-order valence-electron chi connectivity index (χ0n) is 11.6. The van der Waals surface area contributed by atoms with Crippen LogP contribution >= 0.6 is 11.6 Å². The van der Waals surface area contributed by atoms with Gasteiger partial charge in [-0.05, 0) is 43.3 Å². The van der Waals surface area contributed by atoms with Crippen molar-refractivity contribution in [3.05, 3.63) is 53.6 Å². The van der Waals surface area contributed by atoms with Crippen LogP contribution in [0, 0.1) is 0 Å². The molecule has 1 atom stereocenters. The summed E-state index contributed by atoms with van der Waals surface area (Å²) in [6.45, 7) is 2.72. The number of ether oxygens (including phenoxy) is 2. The molecular weight excluding hydrogens is 274 g/mol. The number of rotatable bonds is 6. The first-order chi connectivity index (χ1) is 9.67. The van der Waals surface area contributed by atoms with E-state index in [0.29, 0.717) is 11.6 Å². The fraction of sp³-hybridized carbons (Fsp3) is 0.250. The molecule has 0 aliphatic heterocycles. The van der Waals surface area contributed by atoms with E-state index in [2.05, 4.69) is 5.32 Å². The summed E-state index contributed by atoms with van der Waals surface area (Å²) in [6.07, 6.45) is 0.0439. The van der Waals surface area contributed by atoms with Crippen molar-refractivity contribution in [1.82, 2.24) is 0 Å². The Balaban J connectivity index is 1.85. The SMILES string of the molecule is COc1cccc(NCC(C)Oc2ccc(Cl)cc2)c1. The summed E-state index contributed by atoms with van der Waals surface area (Å²) >= 11 is 5.84. The molecule has 1 N–H and O–H groups in total. The van der Waals surface area contributed by atoms with Crippen molar-refractivity contribution >= 4 is 17.3 Å². The minimum atomic E-state index is 0.0439. The van der Waals surface area contributed by atoms with E-state index in [9.17, 15) is 0 Å². The molecule has 0 fully saturated rings. The van der Waals surface area contributed by atoms with E-state index in [1.54, 1.807) is 7.11 Å². The molecule has 0 radical (unpaired) electrons. The Bertz CT molecular complexity index is 542. The predicted molar refractivity (Wildman–Crippen MR) is 83.0 cm³/mol. The monoisotopic (exact) mass is 291 g/mol. The summed E-state index contributed by atoms with van der Waals surface area (Å²) in [7, 11) is 1.66. The van der Waals surface area contributed by atoms with Crippen LogP contribution in [0.4, 0.5) is 5.69 Å². The zero-order chi connectivity index (χ0) is 14.4. The van der Waals surface area contributed by atoms with Gasteiger partial charge in [-0.2, -0.15) is 0 Å². The van der Waals surface area contributed by atoms with Crippen molar-refractivity contribution in [2.75, 3.05) is 19.0 Å². The Morgan fingerprint density at radius 2 is 1.85 bits per heavy atom. The molecule has 0 aliphatic rings. The van der Waals surface area contributed by atoms with E-state index in [1.807, 2.05) is 55.5 Å². The van der Waals surface area contributed by atoms with Gasteiger partial charge >= 0.3 is 0 Å². The van der Waals surface area contributed by atoms with Gasteiger partial charge in [0.05, 0.1) is 13.7 Å². The van der Waals surface area contributed by atoms with Crippen LogP contribution in [-0.2, 0) is 0 Å². The Kier molecular flexibility index (Phi) is 5.13. The topological polar surface area (TPSA) is 30.5 Å². The third kappa shape index (κ3) is 4.35. The molecule has 2 aromatic rings. The highest BCUT2D eigenvalue weighted by atomic mass is 35.5. The van der Waals surface area contributed by atoms with Crippen molar-refractivity contribution in [3.8, 4) is 11.5 Å². The van der Waals surface area contributed by atoms with Crippen molar-refractivity contribution in [3.63, 3.8) is 0 Å². The van der Waals surface area contributed by atoms with E-state index < -0.39 is 0 Å². The Labute approximate surface area is 124 Å². The number of anilines is 1. The zero-order valence-corrected chi connectivity index (χ0v) is 12.4. The van der Waals surface area contributed by atoms with Crippen LogP contribution in [0.15, 0.2) is 48.5 Å². The van der Waals surface area contributed by atoms with Crippen molar-refractivity contribution in [2.45, 2.75) is 13.0 Å². The van der Waals surface area contributed by atoms with Gasteiger partial charge in [0.15, 0.2) is 0 Å². The Morgan fingerprint density at radius 1 is 1.10 bits per heavy atom. The molecule has 1 unspecified atom stereocenters. The van der Waals surface area contributed by atoms with Gasteiger partial charge in [-0.3, -0.25) is 0 Å². The normalized spacial score (nSPS) is 11.8. The van der Waals surface area contributed by atoms with Crippen LogP contribution in [-0.4, -0.2) is 19.8 Å². The first-order valence-electron chi connectivity index (χ1n) is 6.47. The minimum absolute atomic E-state index is 0.0439. The van der Waals surface area contributed by atoms with Gasteiger partial charge < -0.3 is 14.8 Å². The highest BCUT2D eigenvalue weighted by molar-refractivity contribution is 6.30. The molecule has 106 valence electrons. The molecule has 0 bridgehead atoms. The quantitative estimate of drug-likeness (QED) is 0.864. The van der Waals surface area contributed by atoms with Crippen molar-refractivity contribution in [1.29, 1.82) is 0 Å². The second kappa shape index (κ2) is 7.06. The first-order valence-corrected chi connectivity index (χ1v) is 6.85. The van der Waals surface area contributed by atoms with Crippen LogP contribution in [0.25, 0.3) is 0 Å². The van der Waals surface area contributed by atoms with Gasteiger partial charge in [-0.25, -0.2) is 0 Å². The molecule has 0 aliphatic carbocycles. The molecule has 2 aromatic carbocycles. The summed E-state index contributed by atoms with van der Waals surface area (Å²) in [6, 6.07) is 15.2. The minimum Gasteiger partial charge on any atom is -0.497 e. The molecule has 0 spiro atoms. The number of methoxy groups -OCH3 is 1. The van der Waals surface area contributed by atoms with Crippen LogP contribution in [0.2, 0.25) is 5.02 Å². The Morgan fingerprint density at radius 3 is 2.55 bits per heavy atom. The van der Waals surface area contributed by atoms with Gasteiger partial charge in [0.2, 0.25) is 0 Å². The lowest BCUT2D eigenvalue weighted by molar-refractivity contribution is 0.235.